The molecule has 2 aliphatic rings. The molecule has 0 aromatic heterocycles. The molecular weight excluding hydrogens is 438 g/mol. The SMILES string of the molecule is CC[Si](CC)(CC)OC(C)(C)CCC[C@@H](C)[C@H]1CC[C@H]2C(=O)C[C@H](C#CCCN=[N+]=[N-])C[C@]12C. The van der Waals surface area contributed by atoms with Crippen LogP contribution in [-0.2, 0) is 9.22 Å². The lowest BCUT2D eigenvalue weighted by Crippen LogP contribution is -2.44. The maximum absolute atomic E-state index is 13.0. The average Bonchev–Trinajstić information content (AvgIpc) is 3.14. The molecule has 5 nitrogen and oxygen atoms in total. The van der Waals surface area contributed by atoms with E-state index >= 15 is 0 Å². The first-order chi connectivity index (χ1) is 16.1. The summed E-state index contributed by atoms with van der Waals surface area (Å²) < 4.78 is 6.83. The minimum Gasteiger partial charge on any atom is -0.412 e. The van der Waals surface area contributed by atoms with Gasteiger partial charge in [-0.3, -0.25) is 4.79 Å². The van der Waals surface area contributed by atoms with Crippen LogP contribution in [0.5, 0.6) is 0 Å². The van der Waals surface area contributed by atoms with Crippen LogP contribution in [0.4, 0.5) is 0 Å². The minimum absolute atomic E-state index is 0.0484. The van der Waals surface area contributed by atoms with Crippen LogP contribution in [-0.4, -0.2) is 26.2 Å². The number of rotatable bonds is 12. The quantitative estimate of drug-likeness (QED) is 0.0693. The van der Waals surface area contributed by atoms with Gasteiger partial charge in [-0.25, -0.2) is 0 Å². The molecule has 0 spiro atoms. The molecule has 0 N–H and O–H groups in total. The topological polar surface area (TPSA) is 75.1 Å². The Kier molecular flexibility index (Phi) is 10.7. The summed E-state index contributed by atoms with van der Waals surface area (Å²) in [6, 6.07) is 3.60. The standard InChI is InChI=1S/C28H49N3O2Si/c1-8-34(9-2,10-3)33-27(5,6)18-13-14-22(4)24-16-17-25-26(32)20-23(21-28(24,25)7)15-11-12-19-30-31-29/h22-25H,8-10,12-14,16-21H2,1-7H3/t22-,23+,24-,25+,28-/m1/s1. The molecule has 2 saturated carbocycles. The predicted molar refractivity (Wildman–Crippen MR) is 144 cm³/mol. The molecule has 0 bridgehead atoms. The van der Waals surface area contributed by atoms with Crippen LogP contribution in [0.1, 0.15) is 99.8 Å². The second kappa shape index (κ2) is 12.6. The number of fused-ring (bicyclic) bond motifs is 1. The van der Waals surface area contributed by atoms with Crippen molar-refractivity contribution in [2.45, 2.75) is 124 Å². The molecule has 2 aliphatic carbocycles. The molecule has 0 heterocycles. The number of carbonyl (C=O) groups is 1. The van der Waals surface area contributed by atoms with Gasteiger partial charge in [0.05, 0.1) is 5.60 Å². The molecule has 2 fully saturated rings. The Labute approximate surface area is 209 Å². The highest BCUT2D eigenvalue weighted by molar-refractivity contribution is 6.73. The largest absolute Gasteiger partial charge is 0.412 e. The van der Waals surface area contributed by atoms with Gasteiger partial charge in [0.15, 0.2) is 8.32 Å². The summed E-state index contributed by atoms with van der Waals surface area (Å²) in [5.41, 5.74) is 8.44. The van der Waals surface area contributed by atoms with Gasteiger partial charge < -0.3 is 4.43 Å². The molecule has 0 unspecified atom stereocenters. The van der Waals surface area contributed by atoms with Crippen molar-refractivity contribution in [1.82, 2.24) is 0 Å². The molecule has 5 atom stereocenters. The molecule has 2 rings (SSSR count). The third kappa shape index (κ3) is 7.12. The van der Waals surface area contributed by atoms with Gasteiger partial charge in [0.25, 0.3) is 0 Å². The van der Waals surface area contributed by atoms with Gasteiger partial charge in [-0.15, -0.1) is 5.92 Å². The van der Waals surface area contributed by atoms with Gasteiger partial charge in [-0.1, -0.05) is 58.5 Å². The van der Waals surface area contributed by atoms with Crippen molar-refractivity contribution >= 4 is 14.1 Å². The molecule has 0 saturated heterocycles. The molecule has 6 heteroatoms. The van der Waals surface area contributed by atoms with Crippen molar-refractivity contribution in [3.63, 3.8) is 0 Å². The second-order valence-electron chi connectivity index (χ2n) is 11.8. The Morgan fingerprint density at radius 1 is 1.26 bits per heavy atom. The molecule has 192 valence electrons. The Hall–Kier alpha value is -1.28. The summed E-state index contributed by atoms with van der Waals surface area (Å²) in [5.74, 6) is 8.49. The fourth-order valence-corrected chi connectivity index (χ4v) is 10.3. The van der Waals surface area contributed by atoms with E-state index in [-0.39, 0.29) is 22.9 Å². The van der Waals surface area contributed by atoms with Gasteiger partial charge >= 0.3 is 0 Å². The molecule has 34 heavy (non-hydrogen) atoms. The zero-order chi connectivity index (χ0) is 25.4. The number of azide groups is 1. The van der Waals surface area contributed by atoms with Crippen LogP contribution in [0, 0.1) is 40.9 Å². The van der Waals surface area contributed by atoms with Crippen molar-refractivity contribution < 1.29 is 9.22 Å². The Morgan fingerprint density at radius 3 is 2.56 bits per heavy atom. The fraction of sp³-hybridized carbons (Fsp3) is 0.893. The Morgan fingerprint density at radius 2 is 1.94 bits per heavy atom. The van der Waals surface area contributed by atoms with Crippen molar-refractivity contribution in [2.24, 2.45) is 34.2 Å². The highest BCUT2D eigenvalue weighted by Gasteiger charge is 2.54. The first-order valence-corrected chi connectivity index (χ1v) is 16.3. The molecular formula is C28H49N3O2Si. The van der Waals surface area contributed by atoms with E-state index < -0.39 is 8.32 Å². The second-order valence-corrected chi connectivity index (χ2v) is 16.5. The van der Waals surface area contributed by atoms with E-state index in [9.17, 15) is 4.79 Å². The lowest BCUT2D eigenvalue weighted by atomic mass is 9.59. The Balaban J connectivity index is 1.97. The van der Waals surface area contributed by atoms with E-state index in [1.807, 2.05) is 0 Å². The number of hydrogen-bond donors (Lipinski definition) is 0. The molecule has 0 aliphatic heterocycles. The summed E-state index contributed by atoms with van der Waals surface area (Å²) in [6.45, 7) is 16.7. The third-order valence-corrected chi connectivity index (χ3v) is 14.0. The van der Waals surface area contributed by atoms with Crippen LogP contribution in [0.25, 0.3) is 10.4 Å². The predicted octanol–water partition coefficient (Wildman–Crippen LogP) is 8.31. The van der Waals surface area contributed by atoms with E-state index in [0.29, 0.717) is 37.0 Å². The van der Waals surface area contributed by atoms with E-state index in [4.69, 9.17) is 9.96 Å². The Bertz CT molecular complexity index is 783. The molecule has 0 amide bonds. The summed E-state index contributed by atoms with van der Waals surface area (Å²) in [5, 5.41) is 3.56. The van der Waals surface area contributed by atoms with Crippen molar-refractivity contribution in [1.29, 1.82) is 0 Å². The number of carbonyl (C=O) groups excluding carboxylic acids is 1. The first kappa shape index (κ1) is 29.0. The number of hydrogen-bond acceptors (Lipinski definition) is 3. The highest BCUT2D eigenvalue weighted by Crippen LogP contribution is 2.58. The molecule has 0 aromatic rings. The summed E-state index contributed by atoms with van der Waals surface area (Å²) in [7, 11) is -1.60. The number of Topliss-reactive ketones (excluding diaryl/α,β-unsaturated/α-hetero) is 1. The number of ketones is 1. The van der Waals surface area contributed by atoms with Crippen molar-refractivity contribution in [2.75, 3.05) is 6.54 Å². The monoisotopic (exact) mass is 487 g/mol. The van der Waals surface area contributed by atoms with Crippen LogP contribution >= 0.6 is 0 Å². The van der Waals surface area contributed by atoms with E-state index in [1.54, 1.807) is 0 Å². The smallest absolute Gasteiger partial charge is 0.192 e. The summed E-state index contributed by atoms with van der Waals surface area (Å²) in [6.07, 6.45) is 7.91. The van der Waals surface area contributed by atoms with Crippen molar-refractivity contribution in [3.05, 3.63) is 10.4 Å². The highest BCUT2D eigenvalue weighted by atomic mass is 28.4. The maximum atomic E-state index is 13.0. The van der Waals surface area contributed by atoms with Gasteiger partial charge in [0.2, 0.25) is 0 Å². The van der Waals surface area contributed by atoms with Crippen LogP contribution < -0.4 is 0 Å². The van der Waals surface area contributed by atoms with Crippen molar-refractivity contribution in [3.8, 4) is 11.8 Å². The lowest BCUT2D eigenvalue weighted by molar-refractivity contribution is -0.131. The zero-order valence-electron chi connectivity index (χ0n) is 23.0. The van der Waals surface area contributed by atoms with E-state index in [0.717, 1.165) is 19.3 Å². The fourth-order valence-electron chi connectivity index (χ4n) is 7.13. The van der Waals surface area contributed by atoms with Crippen LogP contribution in [0.3, 0.4) is 0 Å². The van der Waals surface area contributed by atoms with Crippen LogP contribution in [0.15, 0.2) is 5.11 Å². The normalized spacial score (nSPS) is 28.0. The summed E-state index contributed by atoms with van der Waals surface area (Å²) >= 11 is 0. The lowest BCUT2D eigenvalue weighted by Gasteiger charge is -2.44. The van der Waals surface area contributed by atoms with Gasteiger partial charge in [0, 0.05) is 36.1 Å². The van der Waals surface area contributed by atoms with Gasteiger partial charge in [-0.2, -0.15) is 0 Å². The molecule has 0 aromatic carbocycles. The summed E-state index contributed by atoms with van der Waals surface area (Å²) in [4.78, 5) is 15.8. The first-order valence-electron chi connectivity index (χ1n) is 13.8. The number of nitrogens with zero attached hydrogens (tertiary/aromatic N) is 3. The van der Waals surface area contributed by atoms with Crippen LogP contribution in [0.2, 0.25) is 18.1 Å². The van der Waals surface area contributed by atoms with Gasteiger partial charge in [0.1, 0.15) is 5.78 Å². The minimum atomic E-state index is -1.60. The van der Waals surface area contributed by atoms with E-state index in [2.05, 4.69) is 70.3 Å². The molecule has 0 radical (unpaired) electrons. The van der Waals surface area contributed by atoms with E-state index in [1.165, 1.54) is 37.4 Å². The third-order valence-electron chi connectivity index (χ3n) is 9.19. The maximum Gasteiger partial charge on any atom is 0.192 e. The van der Waals surface area contributed by atoms with Gasteiger partial charge in [-0.05, 0) is 80.4 Å². The zero-order valence-corrected chi connectivity index (χ0v) is 24.0. The average molecular weight is 488 g/mol.